The van der Waals surface area contributed by atoms with Gasteiger partial charge in [0, 0.05) is 30.4 Å². The lowest BCUT2D eigenvalue weighted by Gasteiger charge is -2.24. The van der Waals surface area contributed by atoms with Gasteiger partial charge in [0.1, 0.15) is 0 Å². The van der Waals surface area contributed by atoms with Gasteiger partial charge in [-0.05, 0) is 36.8 Å². The molecule has 0 saturated heterocycles. The highest BCUT2D eigenvalue weighted by Crippen LogP contribution is 2.26. The van der Waals surface area contributed by atoms with E-state index in [4.69, 9.17) is 23.7 Å². The van der Waals surface area contributed by atoms with Crippen LogP contribution in [0.2, 0.25) is 0 Å². The third-order valence-corrected chi connectivity index (χ3v) is 3.13. The molecule has 2 rings (SSSR count). The van der Waals surface area contributed by atoms with Crippen LogP contribution in [0, 0.1) is 6.92 Å². The third kappa shape index (κ3) is 2.27. The fourth-order valence-electron chi connectivity index (χ4n) is 2.05. The zero-order valence-electron chi connectivity index (χ0n) is 10.3. The van der Waals surface area contributed by atoms with E-state index in [9.17, 15) is 0 Å². The van der Waals surface area contributed by atoms with Crippen LogP contribution in [0.1, 0.15) is 5.56 Å². The summed E-state index contributed by atoms with van der Waals surface area (Å²) in [7, 11) is 0. The van der Waals surface area contributed by atoms with Gasteiger partial charge >= 0.3 is 0 Å². The lowest BCUT2D eigenvalue weighted by Crippen LogP contribution is -2.39. The van der Waals surface area contributed by atoms with E-state index in [-0.39, 0.29) is 0 Å². The van der Waals surface area contributed by atoms with Crippen LogP contribution < -0.4 is 16.4 Å². The molecule has 4 nitrogen and oxygen atoms in total. The summed E-state index contributed by atoms with van der Waals surface area (Å²) < 4.78 is 0. The SMILES string of the molecule is Cc1c(N(CCN)C(N)=S)ccc2cccnc12. The molecule has 0 radical (unpaired) electrons. The summed E-state index contributed by atoms with van der Waals surface area (Å²) in [6, 6.07) is 7.99. The van der Waals surface area contributed by atoms with Crippen molar-refractivity contribution < 1.29 is 0 Å². The molecule has 18 heavy (non-hydrogen) atoms. The van der Waals surface area contributed by atoms with E-state index in [1.807, 2.05) is 36.1 Å². The maximum atomic E-state index is 5.75. The lowest BCUT2D eigenvalue weighted by molar-refractivity contribution is 0.940. The van der Waals surface area contributed by atoms with Crippen LogP contribution in [0.4, 0.5) is 5.69 Å². The van der Waals surface area contributed by atoms with Gasteiger partial charge in [0.25, 0.3) is 0 Å². The molecule has 94 valence electrons. The van der Waals surface area contributed by atoms with Gasteiger partial charge in [0.05, 0.1) is 5.52 Å². The number of fused-ring (bicyclic) bond motifs is 1. The first-order valence-electron chi connectivity index (χ1n) is 5.76. The first-order valence-corrected chi connectivity index (χ1v) is 6.17. The van der Waals surface area contributed by atoms with Crippen molar-refractivity contribution in [1.82, 2.24) is 4.98 Å². The van der Waals surface area contributed by atoms with E-state index in [2.05, 4.69) is 4.98 Å². The number of pyridine rings is 1. The Morgan fingerprint density at radius 1 is 1.39 bits per heavy atom. The van der Waals surface area contributed by atoms with Gasteiger partial charge in [-0.2, -0.15) is 0 Å². The van der Waals surface area contributed by atoms with E-state index < -0.39 is 0 Å². The predicted octanol–water partition coefficient (Wildman–Crippen LogP) is 1.55. The molecule has 0 amide bonds. The summed E-state index contributed by atoms with van der Waals surface area (Å²) in [5, 5.41) is 1.44. The molecule has 0 saturated carbocycles. The summed E-state index contributed by atoms with van der Waals surface area (Å²) >= 11 is 5.07. The molecular weight excluding hydrogens is 244 g/mol. The van der Waals surface area contributed by atoms with E-state index in [0.29, 0.717) is 18.2 Å². The Labute approximate surface area is 112 Å². The van der Waals surface area contributed by atoms with Crippen molar-refractivity contribution in [3.8, 4) is 0 Å². The monoisotopic (exact) mass is 260 g/mol. The Balaban J connectivity index is 2.56. The predicted molar refractivity (Wildman–Crippen MR) is 79.7 cm³/mol. The van der Waals surface area contributed by atoms with Crippen LogP contribution in [0.5, 0.6) is 0 Å². The van der Waals surface area contributed by atoms with Crippen molar-refractivity contribution in [2.75, 3.05) is 18.0 Å². The molecule has 0 aliphatic rings. The molecule has 0 aliphatic heterocycles. The fourth-order valence-corrected chi connectivity index (χ4v) is 2.24. The molecule has 5 heteroatoms. The summed E-state index contributed by atoms with van der Waals surface area (Å²) in [6.45, 7) is 3.12. The van der Waals surface area contributed by atoms with E-state index >= 15 is 0 Å². The van der Waals surface area contributed by atoms with Crippen molar-refractivity contribution in [2.45, 2.75) is 6.92 Å². The highest BCUT2D eigenvalue weighted by atomic mass is 32.1. The molecule has 0 bridgehead atoms. The van der Waals surface area contributed by atoms with Gasteiger partial charge in [-0.25, -0.2) is 0 Å². The fraction of sp³-hybridized carbons (Fsp3) is 0.231. The minimum atomic E-state index is 0.332. The zero-order chi connectivity index (χ0) is 13.1. The Kier molecular flexibility index (Phi) is 3.74. The maximum Gasteiger partial charge on any atom is 0.170 e. The number of aryl methyl sites for hydroxylation is 1. The lowest BCUT2D eigenvalue weighted by atomic mass is 10.1. The quantitative estimate of drug-likeness (QED) is 0.820. The standard InChI is InChI=1S/C13H16N4S/c1-9-11(17(8-6-14)13(15)18)5-4-10-3-2-7-16-12(9)10/h2-5,7H,6,8,14H2,1H3,(H2,15,18). The van der Waals surface area contributed by atoms with Crippen molar-refractivity contribution in [2.24, 2.45) is 11.5 Å². The molecule has 1 heterocycles. The van der Waals surface area contributed by atoms with Crippen LogP contribution in [0.3, 0.4) is 0 Å². The minimum Gasteiger partial charge on any atom is -0.376 e. The molecule has 1 aromatic carbocycles. The second-order valence-corrected chi connectivity index (χ2v) is 4.48. The number of thiocarbonyl (C=S) groups is 1. The van der Waals surface area contributed by atoms with E-state index in [0.717, 1.165) is 22.2 Å². The van der Waals surface area contributed by atoms with Crippen molar-refractivity contribution >= 4 is 33.9 Å². The van der Waals surface area contributed by atoms with Gasteiger partial charge in [-0.1, -0.05) is 12.1 Å². The average Bonchev–Trinajstić information content (AvgIpc) is 2.37. The van der Waals surface area contributed by atoms with Crippen LogP contribution in [-0.4, -0.2) is 23.2 Å². The molecular formula is C13H16N4S. The summed E-state index contributed by atoms with van der Waals surface area (Å²) in [5.74, 6) is 0. The zero-order valence-corrected chi connectivity index (χ0v) is 11.1. The number of nitrogens with zero attached hydrogens (tertiary/aromatic N) is 2. The minimum absolute atomic E-state index is 0.332. The second-order valence-electron chi connectivity index (χ2n) is 4.06. The first-order chi connectivity index (χ1) is 8.65. The van der Waals surface area contributed by atoms with Crippen LogP contribution in [0.15, 0.2) is 30.5 Å². The largest absolute Gasteiger partial charge is 0.376 e. The first kappa shape index (κ1) is 12.7. The number of rotatable bonds is 3. The Hall–Kier alpha value is -1.72. The second kappa shape index (κ2) is 5.29. The van der Waals surface area contributed by atoms with Gasteiger partial charge in [-0.3, -0.25) is 4.98 Å². The number of nitrogens with two attached hydrogens (primary N) is 2. The molecule has 4 N–H and O–H groups in total. The van der Waals surface area contributed by atoms with Crippen LogP contribution in [-0.2, 0) is 0 Å². The van der Waals surface area contributed by atoms with Gasteiger partial charge in [-0.15, -0.1) is 0 Å². The summed E-state index contributed by atoms with van der Waals surface area (Å²) in [5.41, 5.74) is 14.3. The number of aromatic nitrogens is 1. The van der Waals surface area contributed by atoms with E-state index in [1.165, 1.54) is 0 Å². The van der Waals surface area contributed by atoms with Crippen molar-refractivity contribution in [3.63, 3.8) is 0 Å². The normalized spacial score (nSPS) is 10.6. The third-order valence-electron chi connectivity index (χ3n) is 2.91. The topological polar surface area (TPSA) is 68.2 Å². The number of anilines is 1. The van der Waals surface area contributed by atoms with Crippen LogP contribution >= 0.6 is 12.2 Å². The number of hydrogen-bond donors (Lipinski definition) is 2. The maximum absolute atomic E-state index is 5.75. The van der Waals surface area contributed by atoms with Crippen molar-refractivity contribution in [3.05, 3.63) is 36.0 Å². The number of hydrogen-bond acceptors (Lipinski definition) is 3. The molecule has 1 aromatic heterocycles. The van der Waals surface area contributed by atoms with Gasteiger partial charge in [0.15, 0.2) is 5.11 Å². The van der Waals surface area contributed by atoms with Crippen LogP contribution in [0.25, 0.3) is 10.9 Å². The van der Waals surface area contributed by atoms with E-state index in [1.54, 1.807) is 6.20 Å². The Bertz CT molecular complexity index is 582. The highest BCUT2D eigenvalue weighted by Gasteiger charge is 2.13. The molecule has 0 spiro atoms. The highest BCUT2D eigenvalue weighted by molar-refractivity contribution is 7.80. The Morgan fingerprint density at radius 2 is 2.17 bits per heavy atom. The number of benzene rings is 1. The molecule has 0 atom stereocenters. The average molecular weight is 260 g/mol. The molecule has 0 aliphatic carbocycles. The smallest absolute Gasteiger partial charge is 0.170 e. The summed E-state index contributed by atoms with van der Waals surface area (Å²) in [4.78, 5) is 6.25. The summed E-state index contributed by atoms with van der Waals surface area (Å²) in [6.07, 6.45) is 1.78. The van der Waals surface area contributed by atoms with Crippen molar-refractivity contribution in [1.29, 1.82) is 0 Å². The molecule has 0 fully saturated rings. The Morgan fingerprint density at radius 3 is 2.83 bits per heavy atom. The molecule has 0 unspecified atom stereocenters. The van der Waals surface area contributed by atoms with Gasteiger partial charge in [0.2, 0.25) is 0 Å². The van der Waals surface area contributed by atoms with Gasteiger partial charge < -0.3 is 16.4 Å². The molecule has 2 aromatic rings.